The van der Waals surface area contributed by atoms with E-state index in [9.17, 15) is 9.50 Å². The molecule has 0 heterocycles. The fourth-order valence-corrected chi connectivity index (χ4v) is 2.12. The summed E-state index contributed by atoms with van der Waals surface area (Å²) < 4.78 is 18.5. The third-order valence-electron chi connectivity index (χ3n) is 3.54. The lowest BCUT2D eigenvalue weighted by Crippen LogP contribution is -2.34. The number of ether oxygens (including phenoxy) is 1. The van der Waals surface area contributed by atoms with Gasteiger partial charge < -0.3 is 15.2 Å². The van der Waals surface area contributed by atoms with Crippen LogP contribution in [0, 0.1) is 17.7 Å². The maximum atomic E-state index is 13.3. The number of aliphatic hydroxyl groups excluding tert-OH is 1. The van der Waals surface area contributed by atoms with Crippen LogP contribution < -0.4 is 10.1 Å². The Bertz CT molecular complexity index is 395. The highest BCUT2D eigenvalue weighted by molar-refractivity contribution is 5.23. The first-order valence-electron chi connectivity index (χ1n) is 6.93. The van der Waals surface area contributed by atoms with Crippen molar-refractivity contribution in [3.63, 3.8) is 0 Å². The molecule has 0 saturated heterocycles. The van der Waals surface area contributed by atoms with Crippen molar-refractivity contribution < 1.29 is 14.2 Å². The average Bonchev–Trinajstić information content (AvgIpc) is 3.22. The molecule has 0 spiro atoms. The number of aliphatic hydroxyl groups is 1. The van der Waals surface area contributed by atoms with Crippen LogP contribution in [0.25, 0.3) is 0 Å². The van der Waals surface area contributed by atoms with Gasteiger partial charge in [-0.1, -0.05) is 19.1 Å². The summed E-state index contributed by atoms with van der Waals surface area (Å²) in [6.07, 6.45) is 2.05. The third kappa shape index (κ3) is 4.80. The zero-order valence-electron chi connectivity index (χ0n) is 11.3. The molecule has 1 saturated carbocycles. The summed E-state index contributed by atoms with van der Waals surface area (Å²) in [7, 11) is 0. The van der Waals surface area contributed by atoms with Crippen LogP contribution in [0.1, 0.15) is 19.8 Å². The van der Waals surface area contributed by atoms with Crippen molar-refractivity contribution in [2.24, 2.45) is 11.8 Å². The zero-order valence-corrected chi connectivity index (χ0v) is 11.3. The number of para-hydroxylation sites is 1. The summed E-state index contributed by atoms with van der Waals surface area (Å²) in [5, 5.41) is 13.0. The van der Waals surface area contributed by atoms with Gasteiger partial charge in [-0.3, -0.25) is 0 Å². The van der Waals surface area contributed by atoms with Crippen molar-refractivity contribution >= 4 is 0 Å². The Balaban J connectivity index is 1.61. The molecule has 0 amide bonds. The van der Waals surface area contributed by atoms with Gasteiger partial charge in [0.25, 0.3) is 0 Å². The van der Waals surface area contributed by atoms with Gasteiger partial charge >= 0.3 is 0 Å². The molecule has 2 rings (SSSR count). The van der Waals surface area contributed by atoms with Gasteiger partial charge in [0.2, 0.25) is 0 Å². The maximum absolute atomic E-state index is 13.3. The van der Waals surface area contributed by atoms with E-state index in [0.717, 1.165) is 12.5 Å². The van der Waals surface area contributed by atoms with Crippen LogP contribution in [0.15, 0.2) is 24.3 Å². The topological polar surface area (TPSA) is 41.5 Å². The standard InChI is InChI=1S/C15H22FNO2/c1-11(12-6-7-12)8-17-9-13(18)10-19-15-5-3-2-4-14(15)16/h2-5,11-13,17-18H,6-10H2,1H3. The van der Waals surface area contributed by atoms with E-state index in [2.05, 4.69) is 12.2 Å². The fraction of sp³-hybridized carbons (Fsp3) is 0.600. The molecule has 0 bridgehead atoms. The summed E-state index contributed by atoms with van der Waals surface area (Å²) in [5.41, 5.74) is 0. The van der Waals surface area contributed by atoms with Gasteiger partial charge in [-0.05, 0) is 43.4 Å². The minimum Gasteiger partial charge on any atom is -0.488 e. The van der Waals surface area contributed by atoms with Crippen LogP contribution in [0.4, 0.5) is 4.39 Å². The predicted molar refractivity (Wildman–Crippen MR) is 72.7 cm³/mol. The summed E-state index contributed by atoms with van der Waals surface area (Å²) in [4.78, 5) is 0. The Kier molecular flexibility index (Phi) is 5.16. The van der Waals surface area contributed by atoms with E-state index in [1.165, 1.54) is 18.9 Å². The largest absolute Gasteiger partial charge is 0.488 e. The lowest BCUT2D eigenvalue weighted by Gasteiger charge is -2.16. The minimum atomic E-state index is -0.619. The van der Waals surface area contributed by atoms with E-state index in [4.69, 9.17) is 4.74 Å². The quantitative estimate of drug-likeness (QED) is 0.758. The molecule has 1 fully saturated rings. The van der Waals surface area contributed by atoms with Crippen LogP contribution in [0.3, 0.4) is 0 Å². The van der Waals surface area contributed by atoms with Gasteiger partial charge in [0.15, 0.2) is 11.6 Å². The van der Waals surface area contributed by atoms with E-state index in [-0.39, 0.29) is 12.4 Å². The van der Waals surface area contributed by atoms with Gasteiger partial charge in [-0.2, -0.15) is 0 Å². The van der Waals surface area contributed by atoms with Crippen molar-refractivity contribution in [1.82, 2.24) is 5.32 Å². The molecule has 0 radical (unpaired) electrons. The van der Waals surface area contributed by atoms with Gasteiger partial charge in [0.1, 0.15) is 12.7 Å². The van der Waals surface area contributed by atoms with Crippen molar-refractivity contribution in [2.75, 3.05) is 19.7 Å². The fourth-order valence-electron chi connectivity index (χ4n) is 2.12. The molecule has 2 N–H and O–H groups in total. The Morgan fingerprint density at radius 1 is 1.37 bits per heavy atom. The van der Waals surface area contributed by atoms with E-state index >= 15 is 0 Å². The summed E-state index contributed by atoms with van der Waals surface area (Å²) in [5.74, 6) is 1.32. The molecule has 2 atom stereocenters. The SMILES string of the molecule is CC(CNCC(O)COc1ccccc1F)C1CC1. The average molecular weight is 267 g/mol. The highest BCUT2D eigenvalue weighted by Crippen LogP contribution is 2.35. The third-order valence-corrected chi connectivity index (χ3v) is 3.54. The molecule has 106 valence electrons. The Morgan fingerprint density at radius 2 is 2.11 bits per heavy atom. The van der Waals surface area contributed by atoms with Crippen molar-refractivity contribution in [3.05, 3.63) is 30.1 Å². The first-order chi connectivity index (χ1) is 9.16. The first kappa shape index (κ1) is 14.3. The summed E-state index contributed by atoms with van der Waals surface area (Å²) >= 11 is 0. The number of hydrogen-bond donors (Lipinski definition) is 2. The molecule has 3 nitrogen and oxygen atoms in total. The second kappa shape index (κ2) is 6.87. The molecular weight excluding hydrogens is 245 g/mol. The molecule has 1 aliphatic rings. The van der Waals surface area contributed by atoms with Gasteiger partial charge in [-0.15, -0.1) is 0 Å². The predicted octanol–water partition coefficient (Wildman–Crippen LogP) is 2.20. The van der Waals surface area contributed by atoms with Crippen LogP contribution >= 0.6 is 0 Å². The normalized spacial score (nSPS) is 18.1. The Labute approximate surface area is 113 Å². The van der Waals surface area contributed by atoms with Crippen molar-refractivity contribution in [2.45, 2.75) is 25.9 Å². The summed E-state index contributed by atoms with van der Waals surface area (Å²) in [6.45, 7) is 3.73. The lowest BCUT2D eigenvalue weighted by atomic mass is 10.1. The maximum Gasteiger partial charge on any atom is 0.165 e. The molecule has 1 aromatic carbocycles. The molecule has 1 aromatic rings. The smallest absolute Gasteiger partial charge is 0.165 e. The van der Waals surface area contributed by atoms with Gasteiger partial charge in [0.05, 0.1) is 0 Å². The van der Waals surface area contributed by atoms with Crippen LogP contribution in [-0.4, -0.2) is 30.9 Å². The van der Waals surface area contributed by atoms with Gasteiger partial charge in [-0.25, -0.2) is 4.39 Å². The highest BCUT2D eigenvalue weighted by atomic mass is 19.1. The van der Waals surface area contributed by atoms with Crippen molar-refractivity contribution in [3.8, 4) is 5.75 Å². The van der Waals surface area contributed by atoms with Gasteiger partial charge in [0, 0.05) is 6.54 Å². The lowest BCUT2D eigenvalue weighted by molar-refractivity contribution is 0.103. The number of benzene rings is 1. The highest BCUT2D eigenvalue weighted by Gasteiger charge is 2.27. The van der Waals surface area contributed by atoms with Crippen LogP contribution in [0.5, 0.6) is 5.75 Å². The van der Waals surface area contributed by atoms with Crippen LogP contribution in [0.2, 0.25) is 0 Å². The first-order valence-corrected chi connectivity index (χ1v) is 6.93. The van der Waals surface area contributed by atoms with Crippen LogP contribution in [-0.2, 0) is 0 Å². The number of nitrogens with one attached hydrogen (secondary N) is 1. The number of halogens is 1. The molecule has 0 aliphatic heterocycles. The molecular formula is C15H22FNO2. The zero-order chi connectivity index (χ0) is 13.7. The molecule has 2 unspecified atom stereocenters. The molecule has 19 heavy (non-hydrogen) atoms. The number of hydrogen-bond acceptors (Lipinski definition) is 3. The number of rotatable bonds is 8. The minimum absolute atomic E-state index is 0.103. The molecule has 1 aliphatic carbocycles. The van der Waals surface area contributed by atoms with E-state index < -0.39 is 11.9 Å². The monoisotopic (exact) mass is 267 g/mol. The second-order valence-corrected chi connectivity index (χ2v) is 5.37. The molecule has 4 heteroatoms. The van der Waals surface area contributed by atoms with E-state index in [1.54, 1.807) is 18.2 Å². The summed E-state index contributed by atoms with van der Waals surface area (Å²) in [6, 6.07) is 6.22. The molecule has 0 aromatic heterocycles. The Hall–Kier alpha value is -1.13. The van der Waals surface area contributed by atoms with Crippen molar-refractivity contribution in [1.29, 1.82) is 0 Å². The second-order valence-electron chi connectivity index (χ2n) is 5.37. The van der Waals surface area contributed by atoms with E-state index in [0.29, 0.717) is 12.5 Å². The Morgan fingerprint density at radius 3 is 2.79 bits per heavy atom. The van der Waals surface area contributed by atoms with E-state index in [1.807, 2.05) is 0 Å².